The third-order valence-electron chi connectivity index (χ3n) is 2.91. The number of rotatable bonds is 6. The van der Waals surface area contributed by atoms with Gasteiger partial charge in [-0.2, -0.15) is 0 Å². The maximum absolute atomic E-state index is 5.58. The van der Waals surface area contributed by atoms with E-state index in [0.29, 0.717) is 5.92 Å². The van der Waals surface area contributed by atoms with Crippen molar-refractivity contribution in [3.05, 3.63) is 24.0 Å². The molecule has 0 spiro atoms. The molecule has 1 heterocycles. The van der Waals surface area contributed by atoms with Crippen LogP contribution < -0.4 is 16.0 Å². The van der Waals surface area contributed by atoms with Gasteiger partial charge in [-0.15, -0.1) is 0 Å². The largest absolute Gasteiger partial charge is 0.495 e. The van der Waals surface area contributed by atoms with Crippen molar-refractivity contribution in [2.75, 3.05) is 7.11 Å². The van der Waals surface area contributed by atoms with Gasteiger partial charge in [0.05, 0.1) is 13.3 Å². The van der Waals surface area contributed by atoms with E-state index < -0.39 is 0 Å². The first-order chi connectivity index (χ1) is 7.71. The molecule has 0 radical (unpaired) electrons. The molecule has 0 amide bonds. The molecule has 0 saturated carbocycles. The Morgan fingerprint density at radius 2 is 2.25 bits per heavy atom. The quantitative estimate of drug-likeness (QED) is 0.572. The first kappa shape index (κ1) is 12.9. The van der Waals surface area contributed by atoms with Gasteiger partial charge in [-0.25, -0.2) is 0 Å². The lowest BCUT2D eigenvalue weighted by molar-refractivity contribution is 0.396. The molecule has 4 heteroatoms. The lowest BCUT2D eigenvalue weighted by Gasteiger charge is -2.19. The lowest BCUT2D eigenvalue weighted by Crippen LogP contribution is -2.29. The van der Waals surface area contributed by atoms with E-state index in [1.54, 1.807) is 13.3 Å². The molecule has 4 nitrogen and oxygen atoms in total. The molecule has 16 heavy (non-hydrogen) atoms. The van der Waals surface area contributed by atoms with Crippen LogP contribution >= 0.6 is 0 Å². The number of nitrogens with one attached hydrogen (secondary N) is 1. The lowest BCUT2D eigenvalue weighted by atomic mass is 9.95. The molecule has 0 aliphatic heterocycles. The summed E-state index contributed by atoms with van der Waals surface area (Å²) < 4.78 is 5.15. The molecule has 0 aromatic carbocycles. The molecule has 1 aromatic heterocycles. The van der Waals surface area contributed by atoms with Gasteiger partial charge in [0, 0.05) is 12.2 Å². The van der Waals surface area contributed by atoms with Crippen molar-refractivity contribution in [1.29, 1.82) is 0 Å². The van der Waals surface area contributed by atoms with Crippen LogP contribution in [-0.4, -0.2) is 12.1 Å². The SMILES string of the molecule is CCC(C)CC(NN)c1cncc(OC)c1. The normalized spacial score (nSPS) is 14.5. The Balaban J connectivity index is 2.77. The molecule has 0 saturated heterocycles. The number of hydrogen-bond donors (Lipinski definition) is 2. The number of ether oxygens (including phenoxy) is 1. The van der Waals surface area contributed by atoms with Crippen LogP contribution in [0.5, 0.6) is 5.75 Å². The summed E-state index contributed by atoms with van der Waals surface area (Å²) in [7, 11) is 1.64. The van der Waals surface area contributed by atoms with Gasteiger partial charge in [-0.05, 0) is 24.0 Å². The Bertz CT molecular complexity index is 317. The topological polar surface area (TPSA) is 60.2 Å². The predicted octanol–water partition coefficient (Wildman–Crippen LogP) is 2.03. The van der Waals surface area contributed by atoms with E-state index in [2.05, 4.69) is 24.3 Å². The number of hydrazine groups is 1. The first-order valence-electron chi connectivity index (χ1n) is 5.66. The van der Waals surface area contributed by atoms with Crippen LogP contribution in [0.3, 0.4) is 0 Å². The monoisotopic (exact) mass is 223 g/mol. The smallest absolute Gasteiger partial charge is 0.137 e. The summed E-state index contributed by atoms with van der Waals surface area (Å²) >= 11 is 0. The molecule has 0 aliphatic carbocycles. The highest BCUT2D eigenvalue weighted by atomic mass is 16.5. The van der Waals surface area contributed by atoms with Crippen LogP contribution in [0.1, 0.15) is 38.3 Å². The Morgan fingerprint density at radius 1 is 1.50 bits per heavy atom. The van der Waals surface area contributed by atoms with Gasteiger partial charge in [0.25, 0.3) is 0 Å². The van der Waals surface area contributed by atoms with Gasteiger partial charge in [-0.3, -0.25) is 16.3 Å². The highest BCUT2D eigenvalue weighted by Gasteiger charge is 2.13. The Kier molecular flexibility index (Phi) is 5.22. The van der Waals surface area contributed by atoms with Crippen LogP contribution in [0.15, 0.2) is 18.5 Å². The summed E-state index contributed by atoms with van der Waals surface area (Å²) in [5.74, 6) is 6.98. The van der Waals surface area contributed by atoms with Crippen molar-refractivity contribution in [3.63, 3.8) is 0 Å². The minimum Gasteiger partial charge on any atom is -0.495 e. The maximum atomic E-state index is 5.58. The van der Waals surface area contributed by atoms with Crippen LogP contribution in [0, 0.1) is 5.92 Å². The molecule has 2 unspecified atom stereocenters. The number of nitrogens with zero attached hydrogens (tertiary/aromatic N) is 1. The standard InChI is InChI=1S/C12H21N3O/c1-4-9(2)5-12(15-13)10-6-11(16-3)8-14-7-10/h6-9,12,15H,4-5,13H2,1-3H3. The van der Waals surface area contributed by atoms with Crippen molar-refractivity contribution in [2.45, 2.75) is 32.7 Å². The fraction of sp³-hybridized carbons (Fsp3) is 0.583. The van der Waals surface area contributed by atoms with E-state index in [1.807, 2.05) is 12.3 Å². The van der Waals surface area contributed by atoms with Crippen molar-refractivity contribution in [3.8, 4) is 5.75 Å². The summed E-state index contributed by atoms with van der Waals surface area (Å²) in [6, 6.07) is 2.11. The van der Waals surface area contributed by atoms with E-state index >= 15 is 0 Å². The first-order valence-corrected chi connectivity index (χ1v) is 5.66. The minimum atomic E-state index is 0.137. The third-order valence-corrected chi connectivity index (χ3v) is 2.91. The number of nitrogens with two attached hydrogens (primary N) is 1. The second kappa shape index (κ2) is 6.45. The average Bonchev–Trinajstić information content (AvgIpc) is 2.35. The molecule has 0 aliphatic rings. The summed E-state index contributed by atoms with van der Waals surface area (Å²) in [6.07, 6.45) is 5.67. The van der Waals surface area contributed by atoms with Crippen LogP contribution in [0.4, 0.5) is 0 Å². The summed E-state index contributed by atoms with van der Waals surface area (Å²) in [5, 5.41) is 0. The number of aromatic nitrogens is 1. The second-order valence-corrected chi connectivity index (χ2v) is 4.13. The van der Waals surface area contributed by atoms with Gasteiger partial charge in [0.2, 0.25) is 0 Å². The third kappa shape index (κ3) is 3.47. The number of hydrogen-bond acceptors (Lipinski definition) is 4. The van der Waals surface area contributed by atoms with Crippen LogP contribution in [0.25, 0.3) is 0 Å². The van der Waals surface area contributed by atoms with Crippen LogP contribution in [-0.2, 0) is 0 Å². The highest BCUT2D eigenvalue weighted by Crippen LogP contribution is 2.24. The maximum Gasteiger partial charge on any atom is 0.137 e. The molecular weight excluding hydrogens is 202 g/mol. The fourth-order valence-electron chi connectivity index (χ4n) is 1.61. The minimum absolute atomic E-state index is 0.137. The van der Waals surface area contributed by atoms with Gasteiger partial charge in [-0.1, -0.05) is 20.3 Å². The molecule has 1 rings (SSSR count). The van der Waals surface area contributed by atoms with E-state index in [4.69, 9.17) is 10.6 Å². The summed E-state index contributed by atoms with van der Waals surface area (Å²) in [5.41, 5.74) is 3.91. The van der Waals surface area contributed by atoms with Gasteiger partial charge >= 0.3 is 0 Å². The Labute approximate surface area is 97.2 Å². The zero-order chi connectivity index (χ0) is 12.0. The van der Waals surface area contributed by atoms with Crippen molar-refractivity contribution in [2.24, 2.45) is 11.8 Å². The zero-order valence-corrected chi connectivity index (χ0v) is 10.2. The number of pyridine rings is 1. The molecule has 0 bridgehead atoms. The van der Waals surface area contributed by atoms with E-state index in [0.717, 1.165) is 24.2 Å². The predicted molar refractivity (Wildman–Crippen MR) is 64.9 cm³/mol. The molecule has 2 atom stereocenters. The van der Waals surface area contributed by atoms with E-state index in [-0.39, 0.29) is 6.04 Å². The van der Waals surface area contributed by atoms with Gasteiger partial charge < -0.3 is 4.74 Å². The molecule has 0 fully saturated rings. The van der Waals surface area contributed by atoms with E-state index in [9.17, 15) is 0 Å². The van der Waals surface area contributed by atoms with Gasteiger partial charge in [0.1, 0.15) is 5.75 Å². The van der Waals surface area contributed by atoms with Crippen molar-refractivity contribution in [1.82, 2.24) is 10.4 Å². The van der Waals surface area contributed by atoms with Gasteiger partial charge in [0.15, 0.2) is 0 Å². The van der Waals surface area contributed by atoms with E-state index in [1.165, 1.54) is 0 Å². The molecule has 3 N–H and O–H groups in total. The van der Waals surface area contributed by atoms with Crippen molar-refractivity contribution >= 4 is 0 Å². The second-order valence-electron chi connectivity index (χ2n) is 4.13. The average molecular weight is 223 g/mol. The zero-order valence-electron chi connectivity index (χ0n) is 10.2. The molecule has 90 valence electrons. The summed E-state index contributed by atoms with van der Waals surface area (Å²) in [4.78, 5) is 4.14. The summed E-state index contributed by atoms with van der Waals surface area (Å²) in [6.45, 7) is 4.40. The highest BCUT2D eigenvalue weighted by molar-refractivity contribution is 5.25. The van der Waals surface area contributed by atoms with Crippen LogP contribution in [0.2, 0.25) is 0 Å². The van der Waals surface area contributed by atoms with Crippen molar-refractivity contribution < 1.29 is 4.74 Å². The Hall–Kier alpha value is -1.13. The molecule has 1 aromatic rings. The Morgan fingerprint density at radius 3 is 2.81 bits per heavy atom. The number of methoxy groups -OCH3 is 1. The molecular formula is C12H21N3O. The fourth-order valence-corrected chi connectivity index (χ4v) is 1.61.